The van der Waals surface area contributed by atoms with Crippen molar-refractivity contribution in [3.05, 3.63) is 30.6 Å². The summed E-state index contributed by atoms with van der Waals surface area (Å²) in [4.78, 5) is 13.9. The lowest BCUT2D eigenvalue weighted by atomic mass is 10.2. The lowest BCUT2D eigenvalue weighted by Gasteiger charge is -2.35. The second kappa shape index (κ2) is 6.49. The van der Waals surface area contributed by atoms with E-state index in [9.17, 15) is 8.42 Å². The van der Waals surface area contributed by atoms with Crippen molar-refractivity contribution in [3.63, 3.8) is 0 Å². The van der Waals surface area contributed by atoms with Gasteiger partial charge in [0, 0.05) is 51.4 Å². The number of sulfone groups is 1. The van der Waals surface area contributed by atoms with Crippen LogP contribution in [0.1, 0.15) is 0 Å². The molecule has 0 aliphatic carbocycles. The summed E-state index contributed by atoms with van der Waals surface area (Å²) in [5.74, 6) is 0.761. The van der Waals surface area contributed by atoms with Crippen molar-refractivity contribution in [2.75, 3.05) is 50.5 Å². The molecule has 138 valence electrons. The number of fused-ring (bicyclic) bond motifs is 3. The molecule has 0 spiro atoms. The Morgan fingerprint density at radius 3 is 2.65 bits per heavy atom. The number of β-amino-alcohol motifs (C(OH)–C–C–N with tert-alkyl or cyclic N) is 1. The number of nitrogens with zero attached hydrogens (tertiary/aromatic N) is 5. The van der Waals surface area contributed by atoms with E-state index in [1.807, 2.05) is 10.6 Å². The number of hydrogen-bond acceptors (Lipinski definition) is 7. The van der Waals surface area contributed by atoms with E-state index in [0.29, 0.717) is 12.1 Å². The third-order valence-corrected chi connectivity index (χ3v) is 5.90. The second-order valence-corrected chi connectivity index (χ2v) is 8.55. The molecule has 9 heteroatoms. The zero-order valence-electron chi connectivity index (χ0n) is 14.5. The average molecular weight is 375 g/mol. The minimum Gasteiger partial charge on any atom is -0.395 e. The number of imidazole rings is 1. The zero-order valence-corrected chi connectivity index (χ0v) is 15.4. The van der Waals surface area contributed by atoms with E-state index in [1.165, 1.54) is 6.26 Å². The SMILES string of the molecule is CS(=O)(=O)c1ccc2c(c1)nc(N1CCN(CCO)CC1)c1nccn12. The number of aliphatic hydroxyl groups is 1. The van der Waals surface area contributed by atoms with Gasteiger partial charge in [0.1, 0.15) is 0 Å². The molecule has 2 aromatic heterocycles. The van der Waals surface area contributed by atoms with E-state index < -0.39 is 9.84 Å². The van der Waals surface area contributed by atoms with Crippen molar-refractivity contribution in [3.8, 4) is 0 Å². The molecule has 1 fully saturated rings. The first-order chi connectivity index (χ1) is 12.5. The molecule has 3 aromatic rings. The number of benzene rings is 1. The second-order valence-electron chi connectivity index (χ2n) is 6.53. The molecule has 26 heavy (non-hydrogen) atoms. The highest BCUT2D eigenvalue weighted by atomic mass is 32.2. The number of piperazine rings is 1. The fraction of sp³-hybridized carbons (Fsp3) is 0.412. The lowest BCUT2D eigenvalue weighted by molar-refractivity contribution is 0.188. The predicted molar refractivity (Wildman–Crippen MR) is 99.3 cm³/mol. The molecular weight excluding hydrogens is 354 g/mol. The highest BCUT2D eigenvalue weighted by molar-refractivity contribution is 7.90. The highest BCUT2D eigenvalue weighted by Gasteiger charge is 2.22. The standard InChI is InChI=1S/C17H21N5O3S/c1-26(24,25)13-2-3-15-14(12-13)19-17(16-18-4-5-22(15)16)21-8-6-20(7-9-21)10-11-23/h2-5,12,23H,6-11H2,1H3. The summed E-state index contributed by atoms with van der Waals surface area (Å²) in [7, 11) is -3.29. The summed E-state index contributed by atoms with van der Waals surface area (Å²) >= 11 is 0. The quantitative estimate of drug-likeness (QED) is 0.706. The van der Waals surface area contributed by atoms with Crippen molar-refractivity contribution in [2.45, 2.75) is 4.90 Å². The number of rotatable bonds is 4. The Hall–Kier alpha value is -2.23. The molecule has 1 aliphatic rings. The van der Waals surface area contributed by atoms with Gasteiger partial charge in [-0.1, -0.05) is 0 Å². The molecular formula is C17H21N5O3S. The normalized spacial score (nSPS) is 16.6. The van der Waals surface area contributed by atoms with Crippen LogP contribution in [-0.4, -0.2) is 78.4 Å². The van der Waals surface area contributed by atoms with Crippen LogP contribution in [0.3, 0.4) is 0 Å². The van der Waals surface area contributed by atoms with Crippen LogP contribution in [0.2, 0.25) is 0 Å². The van der Waals surface area contributed by atoms with Crippen LogP contribution in [-0.2, 0) is 9.84 Å². The van der Waals surface area contributed by atoms with Gasteiger partial charge in [-0.05, 0) is 18.2 Å². The van der Waals surface area contributed by atoms with E-state index in [1.54, 1.807) is 24.4 Å². The lowest BCUT2D eigenvalue weighted by Crippen LogP contribution is -2.47. The third kappa shape index (κ3) is 3.02. The molecule has 1 aliphatic heterocycles. The van der Waals surface area contributed by atoms with Gasteiger partial charge in [-0.15, -0.1) is 0 Å². The van der Waals surface area contributed by atoms with E-state index in [2.05, 4.69) is 14.8 Å². The molecule has 3 heterocycles. The molecule has 0 atom stereocenters. The molecule has 1 saturated heterocycles. The summed E-state index contributed by atoms with van der Waals surface area (Å²) in [5, 5.41) is 9.10. The van der Waals surface area contributed by atoms with E-state index >= 15 is 0 Å². The number of anilines is 1. The molecule has 4 rings (SSSR count). The van der Waals surface area contributed by atoms with Crippen molar-refractivity contribution < 1.29 is 13.5 Å². The van der Waals surface area contributed by atoms with Crippen molar-refractivity contribution >= 4 is 32.3 Å². The van der Waals surface area contributed by atoms with E-state index in [-0.39, 0.29) is 11.5 Å². The Morgan fingerprint density at radius 2 is 1.96 bits per heavy atom. The monoisotopic (exact) mass is 375 g/mol. The fourth-order valence-corrected chi connectivity index (χ4v) is 4.03. The van der Waals surface area contributed by atoms with Gasteiger partial charge >= 0.3 is 0 Å². The Morgan fingerprint density at radius 1 is 1.19 bits per heavy atom. The molecule has 1 aromatic carbocycles. The molecule has 0 unspecified atom stereocenters. The molecule has 0 saturated carbocycles. The first-order valence-corrected chi connectivity index (χ1v) is 10.4. The Labute approximate surface area is 151 Å². The first-order valence-electron chi connectivity index (χ1n) is 8.52. The van der Waals surface area contributed by atoms with Gasteiger partial charge in [-0.3, -0.25) is 9.30 Å². The predicted octanol–water partition coefficient (Wildman–Crippen LogP) is 0.400. The van der Waals surface area contributed by atoms with Gasteiger partial charge in [-0.2, -0.15) is 0 Å². The van der Waals surface area contributed by atoms with Gasteiger partial charge in [-0.25, -0.2) is 18.4 Å². The average Bonchev–Trinajstić information content (AvgIpc) is 3.11. The minimum atomic E-state index is -3.29. The number of aromatic nitrogens is 3. The summed E-state index contributed by atoms with van der Waals surface area (Å²) < 4.78 is 25.7. The molecule has 1 N–H and O–H groups in total. The summed E-state index contributed by atoms with van der Waals surface area (Å²) in [6.07, 6.45) is 4.79. The van der Waals surface area contributed by atoms with Gasteiger partial charge < -0.3 is 10.0 Å². The van der Waals surface area contributed by atoms with Gasteiger partial charge in [0.05, 0.1) is 22.5 Å². The molecule has 0 bridgehead atoms. The summed E-state index contributed by atoms with van der Waals surface area (Å²) in [6, 6.07) is 5.00. The number of hydrogen-bond donors (Lipinski definition) is 1. The summed E-state index contributed by atoms with van der Waals surface area (Å²) in [6.45, 7) is 4.09. The summed E-state index contributed by atoms with van der Waals surface area (Å²) in [5.41, 5.74) is 2.22. The van der Waals surface area contributed by atoms with Gasteiger partial charge in [0.2, 0.25) is 0 Å². The smallest absolute Gasteiger partial charge is 0.180 e. The van der Waals surface area contributed by atoms with Crippen LogP contribution in [0.15, 0.2) is 35.5 Å². The van der Waals surface area contributed by atoms with Gasteiger partial charge in [0.15, 0.2) is 21.3 Å². The van der Waals surface area contributed by atoms with Gasteiger partial charge in [0.25, 0.3) is 0 Å². The Kier molecular flexibility index (Phi) is 4.29. The Balaban J connectivity index is 1.79. The van der Waals surface area contributed by atoms with Crippen molar-refractivity contribution in [1.82, 2.24) is 19.3 Å². The van der Waals surface area contributed by atoms with Crippen LogP contribution in [0.4, 0.5) is 5.82 Å². The maximum absolute atomic E-state index is 11.9. The fourth-order valence-electron chi connectivity index (χ4n) is 3.39. The first kappa shape index (κ1) is 17.2. The zero-order chi connectivity index (χ0) is 18.3. The van der Waals surface area contributed by atoms with Crippen LogP contribution < -0.4 is 4.90 Å². The minimum absolute atomic E-state index is 0.160. The molecule has 0 amide bonds. The Bertz CT molecular complexity index is 1050. The topological polar surface area (TPSA) is 91.0 Å². The van der Waals surface area contributed by atoms with Crippen molar-refractivity contribution in [1.29, 1.82) is 0 Å². The van der Waals surface area contributed by atoms with Crippen LogP contribution in [0, 0.1) is 0 Å². The van der Waals surface area contributed by atoms with Crippen LogP contribution in [0.5, 0.6) is 0 Å². The van der Waals surface area contributed by atoms with Crippen LogP contribution >= 0.6 is 0 Å². The molecule has 0 radical (unpaired) electrons. The maximum Gasteiger partial charge on any atom is 0.180 e. The highest BCUT2D eigenvalue weighted by Crippen LogP contribution is 2.26. The van der Waals surface area contributed by atoms with Crippen molar-refractivity contribution in [2.24, 2.45) is 0 Å². The third-order valence-electron chi connectivity index (χ3n) is 4.79. The largest absolute Gasteiger partial charge is 0.395 e. The van der Waals surface area contributed by atoms with E-state index in [4.69, 9.17) is 10.1 Å². The molecule has 8 nitrogen and oxygen atoms in total. The van der Waals surface area contributed by atoms with E-state index in [0.717, 1.165) is 43.2 Å². The van der Waals surface area contributed by atoms with Crippen LogP contribution in [0.25, 0.3) is 16.7 Å². The maximum atomic E-state index is 11.9. The number of aliphatic hydroxyl groups excluding tert-OH is 1.